The van der Waals surface area contributed by atoms with Crippen LogP contribution in [0.5, 0.6) is 5.75 Å². The average Bonchev–Trinajstić information content (AvgIpc) is 3.23. The van der Waals surface area contributed by atoms with Crippen LogP contribution in [0.2, 0.25) is 0 Å². The van der Waals surface area contributed by atoms with E-state index in [9.17, 15) is 9.90 Å². The molecular formula is C21H32N2O4. The van der Waals surface area contributed by atoms with Crippen molar-refractivity contribution in [2.24, 2.45) is 5.92 Å². The van der Waals surface area contributed by atoms with Crippen molar-refractivity contribution in [3.63, 3.8) is 0 Å². The van der Waals surface area contributed by atoms with Gasteiger partial charge in [0.25, 0.3) is 0 Å². The van der Waals surface area contributed by atoms with Crippen LogP contribution in [-0.2, 0) is 16.1 Å². The monoisotopic (exact) mass is 376 g/mol. The molecule has 1 N–H and O–H groups in total. The van der Waals surface area contributed by atoms with E-state index in [1.54, 1.807) is 7.11 Å². The maximum absolute atomic E-state index is 12.5. The van der Waals surface area contributed by atoms with Gasteiger partial charge in [-0.1, -0.05) is 18.2 Å². The van der Waals surface area contributed by atoms with E-state index in [0.717, 1.165) is 63.2 Å². The number of hydrogen-bond donors (Lipinski definition) is 1. The van der Waals surface area contributed by atoms with Gasteiger partial charge in [0.2, 0.25) is 5.91 Å². The lowest BCUT2D eigenvalue weighted by Crippen LogP contribution is -2.44. The van der Waals surface area contributed by atoms with E-state index in [2.05, 4.69) is 4.90 Å². The average molecular weight is 376 g/mol. The highest BCUT2D eigenvalue weighted by Gasteiger charge is 2.30. The van der Waals surface area contributed by atoms with Crippen molar-refractivity contribution >= 4 is 5.91 Å². The van der Waals surface area contributed by atoms with Crippen molar-refractivity contribution in [3.05, 3.63) is 29.8 Å². The van der Waals surface area contributed by atoms with E-state index in [1.807, 2.05) is 29.2 Å². The van der Waals surface area contributed by atoms with Crippen molar-refractivity contribution in [1.82, 2.24) is 9.80 Å². The zero-order chi connectivity index (χ0) is 19.1. The van der Waals surface area contributed by atoms with Crippen LogP contribution < -0.4 is 4.74 Å². The summed E-state index contributed by atoms with van der Waals surface area (Å²) < 4.78 is 11.0. The van der Waals surface area contributed by atoms with E-state index in [4.69, 9.17) is 9.47 Å². The summed E-state index contributed by atoms with van der Waals surface area (Å²) in [4.78, 5) is 16.8. The van der Waals surface area contributed by atoms with E-state index in [0.29, 0.717) is 25.7 Å². The van der Waals surface area contributed by atoms with E-state index in [-0.39, 0.29) is 5.92 Å². The Bertz CT molecular complexity index is 596. The molecule has 2 aliphatic rings. The molecule has 1 aromatic carbocycles. The molecule has 1 amide bonds. The lowest BCUT2D eigenvalue weighted by molar-refractivity contribution is -0.136. The van der Waals surface area contributed by atoms with Crippen molar-refractivity contribution in [3.8, 4) is 5.75 Å². The van der Waals surface area contributed by atoms with E-state index >= 15 is 0 Å². The van der Waals surface area contributed by atoms with Crippen LogP contribution in [0.1, 0.15) is 31.2 Å². The molecule has 0 spiro atoms. The number of aliphatic hydroxyl groups is 1. The second kappa shape index (κ2) is 10.1. The normalized spacial score (nSPS) is 20.0. The minimum Gasteiger partial charge on any atom is -0.496 e. The Morgan fingerprint density at radius 2 is 1.89 bits per heavy atom. The summed E-state index contributed by atoms with van der Waals surface area (Å²) in [6, 6.07) is 7.75. The highest BCUT2D eigenvalue weighted by molar-refractivity contribution is 5.79. The smallest absolute Gasteiger partial charge is 0.225 e. The lowest BCUT2D eigenvalue weighted by Gasteiger charge is -2.34. The number of hydrogen-bond acceptors (Lipinski definition) is 5. The second-order valence-corrected chi connectivity index (χ2v) is 7.59. The number of nitrogens with zero attached hydrogens (tertiary/aromatic N) is 2. The van der Waals surface area contributed by atoms with Crippen LogP contribution >= 0.6 is 0 Å². The molecule has 0 bridgehead atoms. The van der Waals surface area contributed by atoms with Gasteiger partial charge < -0.3 is 24.4 Å². The number of aliphatic hydroxyl groups excluding tert-OH is 1. The minimum absolute atomic E-state index is 0.165. The van der Waals surface area contributed by atoms with Gasteiger partial charge in [-0.3, -0.25) is 4.79 Å². The molecule has 2 saturated heterocycles. The van der Waals surface area contributed by atoms with Crippen molar-refractivity contribution < 1.29 is 19.4 Å². The predicted octanol–water partition coefficient (Wildman–Crippen LogP) is 1.91. The largest absolute Gasteiger partial charge is 0.496 e. The van der Waals surface area contributed by atoms with Gasteiger partial charge in [-0.15, -0.1) is 0 Å². The fourth-order valence-corrected chi connectivity index (χ4v) is 4.04. The summed E-state index contributed by atoms with van der Waals surface area (Å²) >= 11 is 0. The molecule has 0 saturated carbocycles. The molecule has 0 radical (unpaired) electrons. The quantitative estimate of drug-likeness (QED) is 0.751. The Morgan fingerprint density at radius 1 is 1.19 bits per heavy atom. The predicted molar refractivity (Wildman–Crippen MR) is 104 cm³/mol. The fraction of sp³-hybridized carbons (Fsp3) is 0.667. The number of para-hydroxylation sites is 1. The van der Waals surface area contributed by atoms with E-state index in [1.165, 1.54) is 0 Å². The second-order valence-electron chi connectivity index (χ2n) is 7.59. The van der Waals surface area contributed by atoms with E-state index < -0.39 is 6.10 Å². The van der Waals surface area contributed by atoms with Crippen LogP contribution in [-0.4, -0.2) is 73.4 Å². The number of ether oxygens (including phenoxy) is 2. The van der Waals surface area contributed by atoms with Gasteiger partial charge in [-0.25, -0.2) is 0 Å². The molecule has 1 aromatic rings. The van der Waals surface area contributed by atoms with Crippen LogP contribution in [0.15, 0.2) is 24.3 Å². The summed E-state index contributed by atoms with van der Waals surface area (Å²) in [6.07, 6.45) is 3.55. The number of β-amino-alcohol motifs (C(OH)–C–C–N with tert-alkyl or cyclic N) is 1. The summed E-state index contributed by atoms with van der Waals surface area (Å²) in [5.41, 5.74) is 0.980. The molecule has 1 atom stereocenters. The molecule has 1 unspecified atom stereocenters. The number of methoxy groups -OCH3 is 1. The molecule has 3 rings (SSSR count). The Labute approximate surface area is 162 Å². The van der Waals surface area contributed by atoms with Gasteiger partial charge in [0.05, 0.1) is 26.4 Å². The number of benzene rings is 1. The standard InChI is InChI=1S/C21H32N2O4/c1-26-20-7-3-2-6-18(20)15-27-16-19(24)14-22-12-8-17(9-13-22)21(25)23-10-4-5-11-23/h2-3,6-7,17,19,24H,4-5,8-16H2,1H3. The molecule has 2 aliphatic heterocycles. The van der Waals surface area contributed by atoms with Gasteiger partial charge in [-0.2, -0.15) is 0 Å². The zero-order valence-corrected chi connectivity index (χ0v) is 16.3. The number of piperidine rings is 1. The Kier molecular flexibility index (Phi) is 7.50. The zero-order valence-electron chi connectivity index (χ0n) is 16.3. The first-order chi connectivity index (χ1) is 13.2. The highest BCUT2D eigenvalue weighted by Crippen LogP contribution is 2.22. The molecule has 0 aliphatic carbocycles. The minimum atomic E-state index is -0.523. The summed E-state index contributed by atoms with van der Waals surface area (Å²) in [6.45, 7) is 4.92. The van der Waals surface area contributed by atoms with Gasteiger partial charge in [-0.05, 0) is 44.8 Å². The number of amides is 1. The Hall–Kier alpha value is -1.63. The third kappa shape index (κ3) is 5.67. The lowest BCUT2D eigenvalue weighted by atomic mass is 9.95. The summed E-state index contributed by atoms with van der Waals surface area (Å²) in [5.74, 6) is 1.31. The molecular weight excluding hydrogens is 344 g/mol. The molecule has 2 heterocycles. The fourth-order valence-electron chi connectivity index (χ4n) is 4.04. The highest BCUT2D eigenvalue weighted by atomic mass is 16.5. The van der Waals surface area contributed by atoms with Crippen LogP contribution in [0.4, 0.5) is 0 Å². The van der Waals surface area contributed by atoms with Crippen LogP contribution in [0, 0.1) is 5.92 Å². The summed E-state index contributed by atoms with van der Waals surface area (Å²) in [7, 11) is 1.64. The first-order valence-corrected chi connectivity index (χ1v) is 10.1. The Balaban J connectivity index is 1.34. The Morgan fingerprint density at radius 3 is 2.59 bits per heavy atom. The molecule has 27 heavy (non-hydrogen) atoms. The maximum atomic E-state index is 12.5. The van der Waals surface area contributed by atoms with Gasteiger partial charge in [0.15, 0.2) is 0 Å². The number of likely N-dealkylation sites (tertiary alicyclic amines) is 2. The first-order valence-electron chi connectivity index (χ1n) is 10.1. The van der Waals surface area contributed by atoms with Crippen LogP contribution in [0.25, 0.3) is 0 Å². The number of carbonyl (C=O) groups is 1. The molecule has 0 aromatic heterocycles. The summed E-state index contributed by atoms with van der Waals surface area (Å²) in [5, 5.41) is 10.3. The number of rotatable bonds is 8. The van der Waals surface area contributed by atoms with Crippen molar-refractivity contribution in [2.75, 3.05) is 46.4 Å². The van der Waals surface area contributed by atoms with Crippen LogP contribution in [0.3, 0.4) is 0 Å². The molecule has 2 fully saturated rings. The molecule has 6 nitrogen and oxygen atoms in total. The maximum Gasteiger partial charge on any atom is 0.225 e. The molecule has 6 heteroatoms. The van der Waals surface area contributed by atoms with Crippen molar-refractivity contribution in [1.29, 1.82) is 0 Å². The van der Waals surface area contributed by atoms with Crippen molar-refractivity contribution in [2.45, 2.75) is 38.4 Å². The third-order valence-corrected chi connectivity index (χ3v) is 5.58. The van der Waals surface area contributed by atoms with Gasteiger partial charge in [0, 0.05) is 31.1 Å². The number of carbonyl (C=O) groups excluding carboxylic acids is 1. The third-order valence-electron chi connectivity index (χ3n) is 5.58. The topological polar surface area (TPSA) is 62.2 Å². The van der Waals surface area contributed by atoms with Gasteiger partial charge >= 0.3 is 0 Å². The van der Waals surface area contributed by atoms with Gasteiger partial charge in [0.1, 0.15) is 5.75 Å². The first kappa shape index (κ1) is 20.1. The molecule has 150 valence electrons. The SMILES string of the molecule is COc1ccccc1COCC(O)CN1CCC(C(=O)N2CCCC2)CC1.